The van der Waals surface area contributed by atoms with Crippen LogP contribution in [0.15, 0.2) is 24.3 Å². The molecule has 0 heterocycles. The van der Waals surface area contributed by atoms with Crippen molar-refractivity contribution >= 4 is 0 Å². The Morgan fingerprint density at radius 3 is 2.45 bits per heavy atom. The van der Waals surface area contributed by atoms with Crippen molar-refractivity contribution < 1.29 is 0 Å². The highest BCUT2D eigenvalue weighted by molar-refractivity contribution is 5.23. The molecule has 0 aliphatic carbocycles. The van der Waals surface area contributed by atoms with Crippen molar-refractivity contribution in [3.05, 3.63) is 35.4 Å². The fourth-order valence-electron chi connectivity index (χ4n) is 2.29. The predicted molar refractivity (Wildman–Crippen MR) is 88.9 cm³/mol. The molecular formula is C18H32N2. The van der Waals surface area contributed by atoms with E-state index in [1.54, 1.807) is 0 Å². The van der Waals surface area contributed by atoms with Gasteiger partial charge in [0, 0.05) is 24.7 Å². The molecule has 1 N–H and O–H groups in total. The molecule has 1 aromatic carbocycles. The average molecular weight is 276 g/mol. The molecule has 20 heavy (non-hydrogen) atoms. The highest BCUT2D eigenvalue weighted by Crippen LogP contribution is 2.12. The molecule has 0 aromatic heterocycles. The molecule has 2 nitrogen and oxygen atoms in total. The van der Waals surface area contributed by atoms with Gasteiger partial charge in [-0.05, 0) is 52.3 Å². The van der Waals surface area contributed by atoms with Gasteiger partial charge in [0.25, 0.3) is 0 Å². The third-order valence-corrected chi connectivity index (χ3v) is 3.71. The minimum Gasteiger partial charge on any atom is -0.308 e. The van der Waals surface area contributed by atoms with Crippen LogP contribution in [0.1, 0.15) is 58.6 Å². The number of benzene rings is 1. The zero-order valence-corrected chi connectivity index (χ0v) is 14.2. The zero-order chi connectivity index (χ0) is 15.2. The summed E-state index contributed by atoms with van der Waals surface area (Å²) in [7, 11) is 2.22. The Morgan fingerprint density at radius 2 is 1.85 bits per heavy atom. The lowest BCUT2D eigenvalue weighted by atomic mass is 10.1. The molecular weight excluding hydrogens is 244 g/mol. The summed E-state index contributed by atoms with van der Waals surface area (Å²) >= 11 is 0. The molecule has 2 heteroatoms. The molecule has 0 fully saturated rings. The smallest absolute Gasteiger partial charge is 0.0233 e. The van der Waals surface area contributed by atoms with Gasteiger partial charge >= 0.3 is 0 Å². The van der Waals surface area contributed by atoms with Crippen LogP contribution in [0, 0.1) is 0 Å². The molecule has 114 valence electrons. The standard InChI is InChI=1S/C18H32N2/c1-7-9-15(2)20(6)14-17-11-8-10-16(12-17)13-19-18(3,4)5/h8,10-12,15,19H,7,9,13-14H2,1-6H3. The van der Waals surface area contributed by atoms with Gasteiger partial charge in [-0.15, -0.1) is 0 Å². The Morgan fingerprint density at radius 1 is 1.20 bits per heavy atom. The lowest BCUT2D eigenvalue weighted by Gasteiger charge is -2.25. The minimum atomic E-state index is 0.169. The van der Waals surface area contributed by atoms with Gasteiger partial charge in [-0.3, -0.25) is 4.90 Å². The van der Waals surface area contributed by atoms with E-state index in [9.17, 15) is 0 Å². The van der Waals surface area contributed by atoms with E-state index in [2.05, 4.69) is 76.1 Å². The van der Waals surface area contributed by atoms with Crippen LogP contribution in [0.25, 0.3) is 0 Å². The summed E-state index contributed by atoms with van der Waals surface area (Å²) in [4.78, 5) is 2.44. The summed E-state index contributed by atoms with van der Waals surface area (Å²) in [6, 6.07) is 9.59. The summed E-state index contributed by atoms with van der Waals surface area (Å²) in [6.07, 6.45) is 2.52. The molecule has 1 unspecified atom stereocenters. The molecule has 0 aliphatic rings. The number of rotatable bonds is 7. The van der Waals surface area contributed by atoms with E-state index < -0.39 is 0 Å². The normalized spacial score (nSPS) is 13.8. The number of nitrogens with zero attached hydrogens (tertiary/aromatic N) is 1. The van der Waals surface area contributed by atoms with Gasteiger partial charge in [0.15, 0.2) is 0 Å². The lowest BCUT2D eigenvalue weighted by molar-refractivity contribution is 0.237. The van der Waals surface area contributed by atoms with Crippen molar-refractivity contribution in [2.24, 2.45) is 0 Å². The van der Waals surface area contributed by atoms with Gasteiger partial charge < -0.3 is 5.32 Å². The Kier molecular flexibility index (Phi) is 6.70. The molecule has 0 radical (unpaired) electrons. The predicted octanol–water partition coefficient (Wildman–Crippen LogP) is 4.20. The maximum absolute atomic E-state index is 3.55. The van der Waals surface area contributed by atoms with Crippen molar-refractivity contribution in [1.82, 2.24) is 10.2 Å². The van der Waals surface area contributed by atoms with Crippen LogP contribution in [0.4, 0.5) is 0 Å². The summed E-state index contributed by atoms with van der Waals surface area (Å²) < 4.78 is 0. The maximum atomic E-state index is 3.55. The van der Waals surface area contributed by atoms with Gasteiger partial charge in [-0.25, -0.2) is 0 Å². The summed E-state index contributed by atoms with van der Waals surface area (Å²) in [5.41, 5.74) is 2.94. The van der Waals surface area contributed by atoms with Crippen LogP contribution in [0.3, 0.4) is 0 Å². The molecule has 1 rings (SSSR count). The molecule has 0 saturated carbocycles. The first kappa shape index (κ1) is 17.2. The number of hydrogen-bond donors (Lipinski definition) is 1. The van der Waals surface area contributed by atoms with Crippen LogP contribution in [-0.2, 0) is 13.1 Å². The van der Waals surface area contributed by atoms with Crippen LogP contribution < -0.4 is 5.32 Å². The lowest BCUT2D eigenvalue weighted by Crippen LogP contribution is -2.35. The van der Waals surface area contributed by atoms with Crippen molar-refractivity contribution in [3.8, 4) is 0 Å². The Hall–Kier alpha value is -0.860. The monoisotopic (exact) mass is 276 g/mol. The average Bonchev–Trinajstić information content (AvgIpc) is 2.36. The summed E-state index contributed by atoms with van der Waals surface area (Å²) in [6.45, 7) is 13.2. The second-order valence-corrected chi connectivity index (χ2v) is 6.98. The van der Waals surface area contributed by atoms with E-state index >= 15 is 0 Å². The van der Waals surface area contributed by atoms with Crippen molar-refractivity contribution in [2.75, 3.05) is 7.05 Å². The van der Waals surface area contributed by atoms with E-state index in [1.807, 2.05) is 0 Å². The highest BCUT2D eigenvalue weighted by atomic mass is 15.1. The van der Waals surface area contributed by atoms with Crippen molar-refractivity contribution in [2.45, 2.75) is 72.1 Å². The van der Waals surface area contributed by atoms with Gasteiger partial charge in [0.05, 0.1) is 0 Å². The second-order valence-electron chi connectivity index (χ2n) is 6.98. The van der Waals surface area contributed by atoms with Gasteiger partial charge in [-0.1, -0.05) is 37.6 Å². The Labute approximate surface area is 125 Å². The maximum Gasteiger partial charge on any atom is 0.0233 e. The van der Waals surface area contributed by atoms with E-state index in [4.69, 9.17) is 0 Å². The SMILES string of the molecule is CCCC(C)N(C)Cc1cccc(CNC(C)(C)C)c1. The van der Waals surface area contributed by atoms with E-state index in [0.29, 0.717) is 6.04 Å². The van der Waals surface area contributed by atoms with Gasteiger partial charge in [0.1, 0.15) is 0 Å². The third-order valence-electron chi connectivity index (χ3n) is 3.71. The van der Waals surface area contributed by atoms with E-state index in [-0.39, 0.29) is 5.54 Å². The van der Waals surface area contributed by atoms with E-state index in [0.717, 1.165) is 13.1 Å². The van der Waals surface area contributed by atoms with Gasteiger partial charge in [-0.2, -0.15) is 0 Å². The second kappa shape index (κ2) is 7.80. The van der Waals surface area contributed by atoms with Crippen LogP contribution in [0.2, 0.25) is 0 Å². The third kappa shape index (κ3) is 6.53. The highest BCUT2D eigenvalue weighted by Gasteiger charge is 2.10. The zero-order valence-electron chi connectivity index (χ0n) is 14.2. The summed E-state index contributed by atoms with van der Waals surface area (Å²) in [5.74, 6) is 0. The van der Waals surface area contributed by atoms with Crippen LogP contribution in [0.5, 0.6) is 0 Å². The molecule has 1 atom stereocenters. The molecule has 0 saturated heterocycles. The number of hydrogen-bond acceptors (Lipinski definition) is 2. The van der Waals surface area contributed by atoms with Gasteiger partial charge in [0.2, 0.25) is 0 Å². The van der Waals surface area contributed by atoms with Crippen molar-refractivity contribution in [3.63, 3.8) is 0 Å². The first-order valence-corrected chi connectivity index (χ1v) is 7.85. The molecule has 0 aliphatic heterocycles. The van der Waals surface area contributed by atoms with Crippen molar-refractivity contribution in [1.29, 1.82) is 0 Å². The summed E-state index contributed by atoms with van der Waals surface area (Å²) in [5, 5.41) is 3.55. The van der Waals surface area contributed by atoms with E-state index in [1.165, 1.54) is 24.0 Å². The first-order valence-electron chi connectivity index (χ1n) is 7.85. The Bertz CT molecular complexity index is 393. The fourth-order valence-corrected chi connectivity index (χ4v) is 2.29. The molecule has 0 amide bonds. The number of nitrogens with one attached hydrogen (secondary N) is 1. The largest absolute Gasteiger partial charge is 0.308 e. The molecule has 1 aromatic rings. The quantitative estimate of drug-likeness (QED) is 0.803. The fraction of sp³-hybridized carbons (Fsp3) is 0.667. The molecule has 0 bridgehead atoms. The van der Waals surface area contributed by atoms with Crippen LogP contribution in [-0.4, -0.2) is 23.5 Å². The minimum absolute atomic E-state index is 0.169. The van der Waals surface area contributed by atoms with Crippen LogP contribution >= 0.6 is 0 Å². The topological polar surface area (TPSA) is 15.3 Å². The Balaban J connectivity index is 2.59. The first-order chi connectivity index (χ1) is 9.31. The molecule has 0 spiro atoms.